The molecule has 0 aliphatic rings. The number of carbonyl (C=O) groups is 1. The minimum absolute atomic E-state index is 0.253. The van der Waals surface area contributed by atoms with E-state index in [1.165, 1.54) is 22.2 Å². The molecule has 2 heterocycles. The Kier molecular flexibility index (Phi) is 5.46. The van der Waals surface area contributed by atoms with Gasteiger partial charge in [0.2, 0.25) is 0 Å². The predicted molar refractivity (Wildman–Crippen MR) is 104 cm³/mol. The zero-order chi connectivity index (χ0) is 19.6. The van der Waals surface area contributed by atoms with Gasteiger partial charge in [-0.1, -0.05) is 6.07 Å². The molecule has 3 rings (SSSR count). The van der Waals surface area contributed by atoms with Crippen molar-refractivity contribution in [1.82, 2.24) is 9.55 Å². The minimum atomic E-state index is -0.757. The number of rotatable bonds is 6. The Bertz CT molecular complexity index is 1040. The zero-order valence-corrected chi connectivity index (χ0v) is 16.3. The van der Waals surface area contributed by atoms with E-state index in [0.29, 0.717) is 21.7 Å². The lowest BCUT2D eigenvalue weighted by atomic mass is 10.1. The van der Waals surface area contributed by atoms with Crippen molar-refractivity contribution in [2.75, 3.05) is 20.8 Å². The minimum Gasteiger partial charge on any atom is -0.493 e. The summed E-state index contributed by atoms with van der Waals surface area (Å²) in [6, 6.07) is 4.70. The summed E-state index contributed by atoms with van der Waals surface area (Å²) in [4.78, 5) is 30.1. The molecule has 0 saturated heterocycles. The van der Waals surface area contributed by atoms with Crippen LogP contribution in [0.25, 0.3) is 21.3 Å². The van der Waals surface area contributed by atoms with Crippen molar-refractivity contribution in [3.8, 4) is 22.6 Å². The van der Waals surface area contributed by atoms with Crippen molar-refractivity contribution in [1.29, 1.82) is 0 Å². The van der Waals surface area contributed by atoms with Crippen molar-refractivity contribution in [3.63, 3.8) is 0 Å². The molecule has 7 nitrogen and oxygen atoms in total. The summed E-state index contributed by atoms with van der Waals surface area (Å²) in [7, 11) is 3.12. The van der Waals surface area contributed by atoms with E-state index in [1.54, 1.807) is 34.1 Å². The van der Waals surface area contributed by atoms with Gasteiger partial charge < -0.3 is 14.2 Å². The zero-order valence-electron chi connectivity index (χ0n) is 15.5. The molecular formula is C19H20N2O5S. The van der Waals surface area contributed by atoms with Crippen LogP contribution in [0.1, 0.15) is 19.9 Å². The van der Waals surface area contributed by atoms with Gasteiger partial charge in [-0.25, -0.2) is 9.78 Å². The summed E-state index contributed by atoms with van der Waals surface area (Å²) in [6.45, 7) is 3.60. The topological polar surface area (TPSA) is 79.7 Å². The molecule has 1 atom stereocenters. The van der Waals surface area contributed by atoms with Gasteiger partial charge in [0.05, 0.1) is 32.5 Å². The fourth-order valence-electron chi connectivity index (χ4n) is 2.81. The maximum Gasteiger partial charge on any atom is 0.328 e. The third kappa shape index (κ3) is 3.40. The maximum absolute atomic E-state index is 13.1. The largest absolute Gasteiger partial charge is 0.493 e. The first-order valence-corrected chi connectivity index (χ1v) is 9.27. The number of hydrogen-bond donors (Lipinski definition) is 0. The first kappa shape index (κ1) is 18.9. The highest BCUT2D eigenvalue weighted by atomic mass is 32.1. The predicted octanol–water partition coefficient (Wildman–Crippen LogP) is 3.27. The number of fused-ring (bicyclic) bond motifs is 1. The molecule has 0 fully saturated rings. The lowest BCUT2D eigenvalue weighted by molar-refractivity contribution is -0.146. The fraction of sp³-hybridized carbons (Fsp3) is 0.316. The van der Waals surface area contributed by atoms with E-state index in [-0.39, 0.29) is 12.2 Å². The molecule has 2 aromatic heterocycles. The molecule has 0 bridgehead atoms. The van der Waals surface area contributed by atoms with E-state index in [2.05, 4.69) is 4.98 Å². The maximum atomic E-state index is 13.1. The summed E-state index contributed by atoms with van der Waals surface area (Å²) < 4.78 is 16.9. The number of carbonyl (C=O) groups excluding carboxylic acids is 1. The second-order valence-corrected chi connectivity index (χ2v) is 6.64. The average Bonchev–Trinajstić information content (AvgIpc) is 3.12. The Labute approximate surface area is 160 Å². The van der Waals surface area contributed by atoms with Crippen LogP contribution in [0.2, 0.25) is 0 Å². The van der Waals surface area contributed by atoms with Crippen LogP contribution in [0.4, 0.5) is 0 Å². The summed E-state index contributed by atoms with van der Waals surface area (Å²) in [5.41, 5.74) is 1.25. The van der Waals surface area contributed by atoms with Gasteiger partial charge in [0, 0.05) is 10.9 Å². The number of benzene rings is 1. The van der Waals surface area contributed by atoms with Crippen molar-refractivity contribution in [2.24, 2.45) is 0 Å². The average molecular weight is 388 g/mol. The highest BCUT2D eigenvalue weighted by molar-refractivity contribution is 7.17. The Hall–Kier alpha value is -2.87. The number of hydrogen-bond acceptors (Lipinski definition) is 7. The van der Waals surface area contributed by atoms with E-state index >= 15 is 0 Å². The monoisotopic (exact) mass is 388 g/mol. The number of esters is 1. The third-order valence-corrected chi connectivity index (χ3v) is 5.15. The molecule has 142 valence electrons. The molecule has 1 aromatic carbocycles. The molecule has 0 unspecified atom stereocenters. The van der Waals surface area contributed by atoms with Gasteiger partial charge in [-0.05, 0) is 31.5 Å². The SMILES string of the molecule is CCOC(=O)[C@@H](C)n1cnc2scc(-c3ccc(OC)c(OC)c3)c2c1=O. The van der Waals surface area contributed by atoms with Crippen LogP contribution in [0.5, 0.6) is 11.5 Å². The van der Waals surface area contributed by atoms with Gasteiger partial charge in [0.1, 0.15) is 10.9 Å². The van der Waals surface area contributed by atoms with Gasteiger partial charge in [0.25, 0.3) is 5.56 Å². The smallest absolute Gasteiger partial charge is 0.328 e. The Morgan fingerprint density at radius 2 is 2.00 bits per heavy atom. The Morgan fingerprint density at radius 3 is 2.67 bits per heavy atom. The van der Waals surface area contributed by atoms with E-state index in [1.807, 2.05) is 17.5 Å². The third-order valence-electron chi connectivity index (χ3n) is 4.26. The van der Waals surface area contributed by atoms with E-state index in [4.69, 9.17) is 14.2 Å². The normalized spacial score (nSPS) is 12.0. The number of ether oxygens (including phenoxy) is 3. The number of aromatic nitrogens is 2. The summed E-state index contributed by atoms with van der Waals surface area (Å²) in [5, 5.41) is 2.34. The van der Waals surface area contributed by atoms with E-state index < -0.39 is 12.0 Å². The molecule has 0 saturated carbocycles. The molecule has 8 heteroatoms. The molecule has 0 amide bonds. The van der Waals surface area contributed by atoms with Crippen LogP contribution in [0, 0.1) is 0 Å². The van der Waals surface area contributed by atoms with Gasteiger partial charge in [-0.2, -0.15) is 0 Å². The van der Waals surface area contributed by atoms with Crippen LogP contribution < -0.4 is 15.0 Å². The molecule has 0 N–H and O–H groups in total. The van der Waals surface area contributed by atoms with Crippen molar-refractivity contribution < 1.29 is 19.0 Å². The summed E-state index contributed by atoms with van der Waals surface area (Å²) in [5.74, 6) is 0.703. The first-order valence-electron chi connectivity index (χ1n) is 8.39. The second-order valence-electron chi connectivity index (χ2n) is 5.78. The van der Waals surface area contributed by atoms with Gasteiger partial charge >= 0.3 is 5.97 Å². The highest BCUT2D eigenvalue weighted by Crippen LogP contribution is 2.36. The van der Waals surface area contributed by atoms with Crippen molar-refractivity contribution in [3.05, 3.63) is 40.3 Å². The number of methoxy groups -OCH3 is 2. The van der Waals surface area contributed by atoms with Crippen LogP contribution in [-0.2, 0) is 9.53 Å². The lowest BCUT2D eigenvalue weighted by Crippen LogP contribution is -2.29. The molecule has 3 aromatic rings. The quantitative estimate of drug-likeness (QED) is 0.603. The standard InChI is InChI=1S/C19H20N2O5S/c1-5-26-19(23)11(2)21-10-20-17-16(18(21)22)13(9-27-17)12-6-7-14(24-3)15(8-12)25-4/h6-11H,5H2,1-4H3/t11-/m1/s1. The van der Waals surface area contributed by atoms with Gasteiger partial charge in [-0.15, -0.1) is 11.3 Å². The van der Waals surface area contributed by atoms with Crippen LogP contribution in [0.15, 0.2) is 34.7 Å². The summed E-state index contributed by atoms with van der Waals surface area (Å²) in [6.07, 6.45) is 1.39. The van der Waals surface area contributed by atoms with Gasteiger partial charge in [0.15, 0.2) is 11.5 Å². The van der Waals surface area contributed by atoms with E-state index in [0.717, 1.165) is 11.1 Å². The van der Waals surface area contributed by atoms with Crippen LogP contribution in [0.3, 0.4) is 0 Å². The number of thiophene rings is 1. The second kappa shape index (κ2) is 7.79. The Balaban J connectivity index is 2.15. The summed E-state index contributed by atoms with van der Waals surface area (Å²) >= 11 is 1.37. The van der Waals surface area contributed by atoms with Crippen molar-refractivity contribution >= 4 is 27.5 Å². The first-order chi connectivity index (χ1) is 13.0. The van der Waals surface area contributed by atoms with Crippen LogP contribution >= 0.6 is 11.3 Å². The lowest BCUT2D eigenvalue weighted by Gasteiger charge is -2.13. The molecule has 0 radical (unpaired) electrons. The molecule has 27 heavy (non-hydrogen) atoms. The van der Waals surface area contributed by atoms with Crippen LogP contribution in [-0.4, -0.2) is 36.3 Å². The van der Waals surface area contributed by atoms with Crippen molar-refractivity contribution in [2.45, 2.75) is 19.9 Å². The molecule has 0 spiro atoms. The van der Waals surface area contributed by atoms with E-state index in [9.17, 15) is 9.59 Å². The Morgan fingerprint density at radius 1 is 1.26 bits per heavy atom. The highest BCUT2D eigenvalue weighted by Gasteiger charge is 2.21. The fourth-order valence-corrected chi connectivity index (χ4v) is 3.72. The molecule has 0 aliphatic heterocycles. The molecular weight excluding hydrogens is 368 g/mol. The van der Waals surface area contributed by atoms with Gasteiger partial charge in [-0.3, -0.25) is 9.36 Å². The molecule has 0 aliphatic carbocycles. The number of nitrogens with zero attached hydrogens (tertiary/aromatic N) is 2.